The van der Waals surface area contributed by atoms with Gasteiger partial charge in [-0.1, -0.05) is 35.9 Å². The fourth-order valence-corrected chi connectivity index (χ4v) is 4.52. The summed E-state index contributed by atoms with van der Waals surface area (Å²) in [6, 6.07) is 19.9. The second-order valence-corrected chi connectivity index (χ2v) is 8.04. The van der Waals surface area contributed by atoms with Gasteiger partial charge in [-0.25, -0.2) is 8.42 Å². The third-order valence-corrected chi connectivity index (χ3v) is 5.72. The Morgan fingerprint density at radius 2 is 1.26 bits per heavy atom. The molecule has 138 valence electrons. The van der Waals surface area contributed by atoms with E-state index in [0.717, 1.165) is 22.4 Å². The molecule has 0 amide bonds. The molecule has 0 saturated carbocycles. The van der Waals surface area contributed by atoms with Crippen molar-refractivity contribution >= 4 is 27.1 Å². The summed E-state index contributed by atoms with van der Waals surface area (Å²) in [5.74, 6) is 0. The Morgan fingerprint density at radius 1 is 0.741 bits per heavy atom. The normalized spacial score (nSPS) is 11.7. The average molecular weight is 379 g/mol. The first-order valence-electron chi connectivity index (χ1n) is 8.53. The molecule has 0 aliphatic rings. The second-order valence-electron chi connectivity index (χ2n) is 6.42. The van der Waals surface area contributed by atoms with Gasteiger partial charge in [0.2, 0.25) is 0 Å². The second kappa shape index (κ2) is 7.72. The van der Waals surface area contributed by atoms with Gasteiger partial charge in [-0.05, 0) is 68.3 Å². The van der Waals surface area contributed by atoms with Crippen molar-refractivity contribution in [1.29, 1.82) is 0 Å². The highest BCUT2D eigenvalue weighted by molar-refractivity contribution is 7.92. The lowest BCUT2D eigenvalue weighted by molar-refractivity contribution is 0.600. The van der Waals surface area contributed by atoms with Gasteiger partial charge in [-0.15, -0.1) is 0 Å². The lowest BCUT2D eigenvalue weighted by Crippen LogP contribution is -2.15. The summed E-state index contributed by atoms with van der Waals surface area (Å²) in [4.78, 5) is 0.320. The largest absolute Gasteiger partial charge is 0.280 e. The zero-order chi connectivity index (χ0) is 19.4. The van der Waals surface area contributed by atoms with Gasteiger partial charge < -0.3 is 0 Å². The van der Waals surface area contributed by atoms with Crippen molar-refractivity contribution < 1.29 is 8.42 Å². The fraction of sp³-hybridized carbons (Fsp3) is 0.143. The van der Waals surface area contributed by atoms with Gasteiger partial charge in [0.1, 0.15) is 0 Å². The Morgan fingerprint density at radius 3 is 1.81 bits per heavy atom. The molecule has 0 aromatic heterocycles. The van der Waals surface area contributed by atoms with E-state index < -0.39 is 10.0 Å². The number of aryl methyl sites for hydroxylation is 3. The van der Waals surface area contributed by atoms with E-state index in [4.69, 9.17) is 0 Å². The molecule has 0 spiro atoms. The molecule has 27 heavy (non-hydrogen) atoms. The molecule has 0 saturated heterocycles. The van der Waals surface area contributed by atoms with Crippen LogP contribution in [-0.4, -0.2) is 8.42 Å². The fourth-order valence-electron chi connectivity index (χ4n) is 3.00. The number of nitrogens with zero attached hydrogens (tertiary/aromatic N) is 2. The van der Waals surface area contributed by atoms with Crippen molar-refractivity contribution in [2.75, 3.05) is 4.72 Å². The highest BCUT2D eigenvalue weighted by Crippen LogP contribution is 2.26. The molecule has 6 heteroatoms. The SMILES string of the molecule is Cc1cc(C)c(S(=O)(=O)Nc2ccc(N=Nc3ccccc3)cc2)c(C)c1. The number of nitrogens with one attached hydrogen (secondary N) is 1. The summed E-state index contributed by atoms with van der Waals surface area (Å²) in [6.07, 6.45) is 0. The highest BCUT2D eigenvalue weighted by Gasteiger charge is 2.19. The third kappa shape index (κ3) is 4.60. The minimum atomic E-state index is -3.66. The smallest absolute Gasteiger partial charge is 0.262 e. The van der Waals surface area contributed by atoms with Crippen LogP contribution < -0.4 is 4.72 Å². The minimum absolute atomic E-state index is 0.320. The molecule has 3 aromatic rings. The topological polar surface area (TPSA) is 70.9 Å². The van der Waals surface area contributed by atoms with Crippen molar-refractivity contribution in [3.8, 4) is 0 Å². The van der Waals surface area contributed by atoms with Gasteiger partial charge >= 0.3 is 0 Å². The number of benzene rings is 3. The molecule has 1 N–H and O–H groups in total. The maximum Gasteiger partial charge on any atom is 0.262 e. The standard InChI is InChI=1S/C21H21N3O2S/c1-15-13-16(2)21(17(3)14-15)27(25,26)24-20-11-9-19(10-12-20)23-22-18-7-5-4-6-8-18/h4-14,24H,1-3H3. The molecule has 3 aromatic carbocycles. The number of rotatable bonds is 5. The van der Waals surface area contributed by atoms with E-state index in [1.54, 1.807) is 24.3 Å². The van der Waals surface area contributed by atoms with Crippen molar-refractivity contribution in [2.24, 2.45) is 10.2 Å². The van der Waals surface area contributed by atoms with E-state index in [9.17, 15) is 8.42 Å². The van der Waals surface area contributed by atoms with Crippen molar-refractivity contribution in [2.45, 2.75) is 25.7 Å². The molecule has 0 atom stereocenters. The van der Waals surface area contributed by atoms with Crippen LogP contribution >= 0.6 is 0 Å². The van der Waals surface area contributed by atoms with Crippen LogP contribution in [0, 0.1) is 20.8 Å². The summed E-state index contributed by atoms with van der Waals surface area (Å²) in [6.45, 7) is 5.57. The molecule has 0 aliphatic carbocycles. The summed E-state index contributed by atoms with van der Waals surface area (Å²) in [5.41, 5.74) is 4.38. The number of sulfonamides is 1. The molecule has 0 aliphatic heterocycles. The van der Waals surface area contributed by atoms with E-state index in [-0.39, 0.29) is 0 Å². The van der Waals surface area contributed by atoms with Crippen LogP contribution in [-0.2, 0) is 10.0 Å². The molecule has 0 unspecified atom stereocenters. The number of anilines is 1. The van der Waals surface area contributed by atoms with E-state index in [2.05, 4.69) is 15.0 Å². The van der Waals surface area contributed by atoms with Gasteiger partial charge in [-0.3, -0.25) is 4.72 Å². The zero-order valence-corrected chi connectivity index (χ0v) is 16.3. The van der Waals surface area contributed by atoms with Gasteiger partial charge in [-0.2, -0.15) is 10.2 Å². The Labute approximate surface area is 159 Å². The van der Waals surface area contributed by atoms with Gasteiger partial charge in [0.05, 0.1) is 16.3 Å². The molecule has 0 heterocycles. The van der Waals surface area contributed by atoms with Crippen LogP contribution in [0.3, 0.4) is 0 Å². The molecule has 0 bridgehead atoms. The highest BCUT2D eigenvalue weighted by atomic mass is 32.2. The molecular formula is C21H21N3O2S. The maximum atomic E-state index is 12.8. The Kier molecular flexibility index (Phi) is 5.37. The summed E-state index contributed by atoms with van der Waals surface area (Å²) in [5, 5.41) is 8.30. The number of azo groups is 1. The van der Waals surface area contributed by atoms with Crippen molar-refractivity contribution in [3.05, 3.63) is 83.4 Å². The van der Waals surface area contributed by atoms with Crippen molar-refractivity contribution in [1.82, 2.24) is 0 Å². The molecule has 3 rings (SSSR count). The summed E-state index contributed by atoms with van der Waals surface area (Å²) in [7, 11) is -3.66. The Balaban J connectivity index is 1.79. The number of hydrogen-bond acceptors (Lipinski definition) is 4. The maximum absolute atomic E-state index is 12.8. The number of hydrogen-bond donors (Lipinski definition) is 1. The van der Waals surface area contributed by atoms with Crippen LogP contribution in [0.15, 0.2) is 81.9 Å². The van der Waals surface area contributed by atoms with Gasteiger partial charge in [0.15, 0.2) is 0 Å². The predicted molar refractivity (Wildman–Crippen MR) is 109 cm³/mol. The van der Waals surface area contributed by atoms with Crippen LogP contribution in [0.5, 0.6) is 0 Å². The third-order valence-electron chi connectivity index (χ3n) is 4.03. The van der Waals surface area contributed by atoms with Crippen LogP contribution in [0.1, 0.15) is 16.7 Å². The lowest BCUT2D eigenvalue weighted by Gasteiger charge is -2.14. The van der Waals surface area contributed by atoms with Crippen LogP contribution in [0.2, 0.25) is 0 Å². The van der Waals surface area contributed by atoms with Crippen LogP contribution in [0.25, 0.3) is 0 Å². The van der Waals surface area contributed by atoms with E-state index in [0.29, 0.717) is 16.3 Å². The quantitative estimate of drug-likeness (QED) is 0.567. The van der Waals surface area contributed by atoms with E-state index >= 15 is 0 Å². The summed E-state index contributed by atoms with van der Waals surface area (Å²) < 4.78 is 28.2. The molecule has 5 nitrogen and oxygen atoms in total. The van der Waals surface area contributed by atoms with Crippen molar-refractivity contribution in [3.63, 3.8) is 0 Å². The first-order valence-corrected chi connectivity index (χ1v) is 10.0. The predicted octanol–water partition coefficient (Wildman–Crippen LogP) is 5.83. The van der Waals surface area contributed by atoms with E-state index in [1.165, 1.54) is 0 Å². The van der Waals surface area contributed by atoms with Gasteiger partial charge in [0.25, 0.3) is 10.0 Å². The lowest BCUT2D eigenvalue weighted by atomic mass is 10.1. The average Bonchev–Trinajstić information content (AvgIpc) is 2.60. The van der Waals surface area contributed by atoms with Crippen LogP contribution in [0.4, 0.5) is 17.1 Å². The first kappa shape index (κ1) is 18.8. The first-order chi connectivity index (χ1) is 12.8. The zero-order valence-electron chi connectivity index (χ0n) is 15.5. The molecular weight excluding hydrogens is 358 g/mol. The Bertz CT molecular complexity index is 1050. The minimum Gasteiger partial charge on any atom is -0.280 e. The summed E-state index contributed by atoms with van der Waals surface area (Å²) >= 11 is 0. The monoisotopic (exact) mass is 379 g/mol. The molecule has 0 fully saturated rings. The Hall–Kier alpha value is -2.99. The van der Waals surface area contributed by atoms with E-state index in [1.807, 2.05) is 63.2 Å². The molecule has 0 radical (unpaired) electrons. The van der Waals surface area contributed by atoms with Gasteiger partial charge in [0, 0.05) is 5.69 Å².